The number of hydrogen-bond donors (Lipinski definition) is 3. The van der Waals surface area contributed by atoms with Gasteiger partial charge in [0.25, 0.3) is 0 Å². The van der Waals surface area contributed by atoms with Gasteiger partial charge in [-0.2, -0.15) is 0 Å². The first-order valence-corrected chi connectivity index (χ1v) is 6.53. The lowest BCUT2D eigenvalue weighted by molar-refractivity contribution is -0.122. The average molecular weight is 302 g/mol. The van der Waals surface area contributed by atoms with Crippen molar-refractivity contribution in [2.45, 2.75) is 26.7 Å². The molecule has 1 amide bonds. The molecular weight excluding hydrogens is 285 g/mol. The van der Waals surface area contributed by atoms with Gasteiger partial charge in [0.2, 0.25) is 5.91 Å². The minimum Gasteiger partial charge on any atom is -0.409 e. The molecule has 4 N–H and O–H groups in total. The van der Waals surface area contributed by atoms with Crippen molar-refractivity contribution >= 4 is 29.0 Å². The van der Waals surface area contributed by atoms with Gasteiger partial charge < -0.3 is 16.3 Å². The van der Waals surface area contributed by atoms with E-state index in [1.54, 1.807) is 13.8 Å². The summed E-state index contributed by atoms with van der Waals surface area (Å²) in [6, 6.07) is 3.93. The van der Waals surface area contributed by atoms with E-state index in [4.69, 9.17) is 22.5 Å². The van der Waals surface area contributed by atoms with Gasteiger partial charge in [-0.05, 0) is 31.0 Å². The van der Waals surface area contributed by atoms with Gasteiger partial charge in [-0.1, -0.05) is 30.6 Å². The minimum atomic E-state index is -1.13. The third kappa shape index (κ3) is 3.01. The second-order valence-corrected chi connectivity index (χ2v) is 4.76. The normalized spacial score (nSPS) is 12.3. The molecule has 0 aliphatic carbocycles. The number of halogens is 2. The molecule has 1 rings (SSSR count). The number of anilines is 1. The molecule has 0 aliphatic rings. The molecule has 0 aromatic heterocycles. The van der Waals surface area contributed by atoms with Gasteiger partial charge in [0.15, 0.2) is 5.84 Å². The van der Waals surface area contributed by atoms with Gasteiger partial charge in [-0.3, -0.25) is 4.79 Å². The van der Waals surface area contributed by atoms with Gasteiger partial charge in [0, 0.05) is 5.69 Å². The van der Waals surface area contributed by atoms with E-state index in [1.807, 2.05) is 0 Å². The van der Waals surface area contributed by atoms with Gasteiger partial charge >= 0.3 is 0 Å². The Morgan fingerprint density at radius 2 is 2.10 bits per heavy atom. The summed E-state index contributed by atoms with van der Waals surface area (Å²) < 4.78 is 13.3. The summed E-state index contributed by atoms with van der Waals surface area (Å²) in [6.07, 6.45) is 0.697. The van der Waals surface area contributed by atoms with Crippen LogP contribution in [-0.4, -0.2) is 17.0 Å². The van der Waals surface area contributed by atoms with Gasteiger partial charge in [-0.15, -0.1) is 0 Å². The first-order valence-electron chi connectivity index (χ1n) is 6.15. The second kappa shape index (κ2) is 6.56. The van der Waals surface area contributed by atoms with E-state index in [0.29, 0.717) is 12.8 Å². The zero-order valence-electron chi connectivity index (χ0n) is 11.3. The van der Waals surface area contributed by atoms with Crippen molar-refractivity contribution in [3.05, 3.63) is 29.0 Å². The fraction of sp³-hybridized carbons (Fsp3) is 0.385. The van der Waals surface area contributed by atoms with E-state index >= 15 is 0 Å². The summed E-state index contributed by atoms with van der Waals surface area (Å²) >= 11 is 5.57. The first-order chi connectivity index (χ1) is 9.41. The van der Waals surface area contributed by atoms with Crippen molar-refractivity contribution in [1.29, 1.82) is 0 Å². The number of nitrogens with two attached hydrogens (primary N) is 1. The van der Waals surface area contributed by atoms with E-state index in [1.165, 1.54) is 12.1 Å². The summed E-state index contributed by atoms with van der Waals surface area (Å²) in [6.45, 7) is 3.51. The number of amidine groups is 1. The van der Waals surface area contributed by atoms with Crippen LogP contribution in [0.25, 0.3) is 0 Å². The highest BCUT2D eigenvalue weighted by Crippen LogP contribution is 2.29. The molecule has 0 atom stereocenters. The molecule has 0 radical (unpaired) electrons. The highest BCUT2D eigenvalue weighted by Gasteiger charge is 2.39. The maximum Gasteiger partial charge on any atom is 0.238 e. The Kier molecular flexibility index (Phi) is 5.33. The van der Waals surface area contributed by atoms with Crippen molar-refractivity contribution in [2.24, 2.45) is 16.3 Å². The van der Waals surface area contributed by atoms with E-state index in [-0.39, 0.29) is 16.5 Å². The molecule has 7 heteroatoms. The monoisotopic (exact) mass is 301 g/mol. The summed E-state index contributed by atoms with van der Waals surface area (Å²) in [5.41, 5.74) is 4.75. The molecule has 0 heterocycles. The Balaban J connectivity index is 3.06. The number of hydrogen-bond acceptors (Lipinski definition) is 3. The molecular formula is C13H17ClFN3O2. The first kappa shape index (κ1) is 16.2. The molecule has 0 saturated carbocycles. The predicted octanol–water partition coefficient (Wildman–Crippen LogP) is 2.97. The lowest BCUT2D eigenvalue weighted by atomic mass is 9.80. The van der Waals surface area contributed by atoms with Crippen molar-refractivity contribution in [3.8, 4) is 0 Å². The average Bonchev–Trinajstić information content (AvgIpc) is 2.44. The quantitative estimate of drug-likeness (QED) is 0.338. The Labute approximate surface area is 121 Å². The van der Waals surface area contributed by atoms with E-state index in [2.05, 4.69) is 10.5 Å². The van der Waals surface area contributed by atoms with Crippen molar-refractivity contribution < 1.29 is 14.4 Å². The van der Waals surface area contributed by atoms with Crippen LogP contribution in [0.5, 0.6) is 0 Å². The Morgan fingerprint density at radius 3 is 2.55 bits per heavy atom. The standard InChI is InChI=1S/C13H17ClFN3O2/c1-3-13(4-2,11(16)18-20)12(19)17-8-5-6-9(14)10(15)7-8/h5-7,20H,3-4H2,1-2H3,(H2,16,18)(H,17,19). The molecule has 20 heavy (non-hydrogen) atoms. The molecule has 0 saturated heterocycles. The maximum absolute atomic E-state index is 13.3. The summed E-state index contributed by atoms with van der Waals surface area (Å²) in [4.78, 5) is 12.4. The lowest BCUT2D eigenvalue weighted by Crippen LogP contribution is -2.46. The molecule has 0 spiro atoms. The smallest absolute Gasteiger partial charge is 0.238 e. The third-order valence-corrected chi connectivity index (χ3v) is 3.72. The van der Waals surface area contributed by atoms with E-state index in [9.17, 15) is 9.18 Å². The molecule has 0 aliphatic heterocycles. The van der Waals surface area contributed by atoms with E-state index in [0.717, 1.165) is 6.07 Å². The SMILES string of the molecule is CCC(CC)(C(=O)Nc1ccc(Cl)c(F)c1)C(N)=NO. The van der Waals surface area contributed by atoms with Crippen LogP contribution in [0.2, 0.25) is 5.02 Å². The number of amides is 1. The van der Waals surface area contributed by atoms with Gasteiger partial charge in [0.1, 0.15) is 11.2 Å². The number of benzene rings is 1. The maximum atomic E-state index is 13.3. The van der Waals surface area contributed by atoms with Crippen molar-refractivity contribution in [3.63, 3.8) is 0 Å². The predicted molar refractivity (Wildman–Crippen MR) is 76.5 cm³/mol. The Hall–Kier alpha value is -1.82. The Morgan fingerprint density at radius 1 is 1.50 bits per heavy atom. The highest BCUT2D eigenvalue weighted by molar-refractivity contribution is 6.30. The largest absolute Gasteiger partial charge is 0.409 e. The molecule has 110 valence electrons. The van der Waals surface area contributed by atoms with Gasteiger partial charge in [0.05, 0.1) is 5.02 Å². The molecule has 0 unspecified atom stereocenters. The van der Waals surface area contributed by atoms with Crippen LogP contribution >= 0.6 is 11.6 Å². The minimum absolute atomic E-state index is 0.0309. The lowest BCUT2D eigenvalue weighted by Gasteiger charge is -2.28. The van der Waals surface area contributed by atoms with Crippen LogP contribution in [0.15, 0.2) is 23.4 Å². The van der Waals surface area contributed by atoms with Crippen LogP contribution in [0.3, 0.4) is 0 Å². The second-order valence-electron chi connectivity index (χ2n) is 4.36. The summed E-state index contributed by atoms with van der Waals surface area (Å²) in [5, 5.41) is 14.3. The van der Waals surface area contributed by atoms with Crippen molar-refractivity contribution in [2.75, 3.05) is 5.32 Å². The zero-order valence-corrected chi connectivity index (χ0v) is 12.0. The number of carbonyl (C=O) groups is 1. The topological polar surface area (TPSA) is 87.7 Å². The fourth-order valence-corrected chi connectivity index (χ4v) is 2.09. The van der Waals surface area contributed by atoms with Crippen molar-refractivity contribution in [1.82, 2.24) is 0 Å². The third-order valence-electron chi connectivity index (χ3n) is 3.42. The van der Waals surface area contributed by atoms with Crippen LogP contribution in [0, 0.1) is 11.2 Å². The molecule has 0 bridgehead atoms. The van der Waals surface area contributed by atoms with Crippen LogP contribution in [0.4, 0.5) is 10.1 Å². The number of rotatable bonds is 5. The summed E-state index contributed by atoms with van der Waals surface area (Å²) in [7, 11) is 0. The summed E-state index contributed by atoms with van der Waals surface area (Å²) in [5.74, 6) is -1.26. The number of nitrogens with one attached hydrogen (secondary N) is 1. The van der Waals surface area contributed by atoms with Crippen LogP contribution in [0.1, 0.15) is 26.7 Å². The highest BCUT2D eigenvalue weighted by atomic mass is 35.5. The number of oxime groups is 1. The van der Waals surface area contributed by atoms with Gasteiger partial charge in [-0.25, -0.2) is 4.39 Å². The van der Waals surface area contributed by atoms with Crippen LogP contribution in [-0.2, 0) is 4.79 Å². The Bertz CT molecular complexity index is 530. The molecule has 1 aromatic rings. The van der Waals surface area contributed by atoms with Crippen LogP contribution < -0.4 is 11.1 Å². The number of carbonyl (C=O) groups excluding carboxylic acids is 1. The zero-order chi connectivity index (χ0) is 15.3. The molecule has 5 nitrogen and oxygen atoms in total. The van der Waals surface area contributed by atoms with E-state index < -0.39 is 17.1 Å². The number of nitrogens with zero attached hydrogens (tertiary/aromatic N) is 1. The fourth-order valence-electron chi connectivity index (χ4n) is 1.97. The molecule has 1 aromatic carbocycles. The molecule has 0 fully saturated rings.